The molecule has 0 bridgehead atoms. The second-order valence-corrected chi connectivity index (χ2v) is 7.87. The van der Waals surface area contributed by atoms with Gasteiger partial charge in [0.15, 0.2) is 0 Å². The highest BCUT2D eigenvalue weighted by Gasteiger charge is 2.07. The molecule has 2 N–H and O–H groups in total. The normalized spacial score (nSPS) is 29.9. The monoisotopic (exact) mass is 433 g/mol. The molecule has 0 aromatic heterocycles. The molecule has 1 heterocycles. The molecule has 0 unspecified atom stereocenters. The highest BCUT2D eigenvalue weighted by atomic mass is 16.3. The molecule has 0 radical (unpaired) electrons. The predicted octanol–water partition coefficient (Wildman–Crippen LogP) is 6.60. The van der Waals surface area contributed by atoms with Gasteiger partial charge in [0.1, 0.15) is 0 Å². The Labute approximate surface area is 194 Å². The first-order valence-electron chi connectivity index (χ1n) is 11.5. The van der Waals surface area contributed by atoms with Crippen molar-refractivity contribution in [2.24, 2.45) is 0 Å². The lowest BCUT2D eigenvalue weighted by Crippen LogP contribution is -2.32. The third kappa shape index (κ3) is 15.0. The van der Waals surface area contributed by atoms with Gasteiger partial charge in [-0.3, -0.25) is 4.79 Å². The van der Waals surface area contributed by atoms with E-state index in [1.54, 1.807) is 18.2 Å². The Kier molecular flexibility index (Phi) is 15.0. The van der Waals surface area contributed by atoms with Crippen molar-refractivity contribution in [3.05, 3.63) is 108 Å². The van der Waals surface area contributed by atoms with E-state index < -0.39 is 6.10 Å². The summed E-state index contributed by atoms with van der Waals surface area (Å²) in [5, 5.41) is 13.1. The van der Waals surface area contributed by atoms with Crippen molar-refractivity contribution in [1.82, 2.24) is 5.32 Å². The minimum Gasteiger partial charge on any atom is -0.389 e. The van der Waals surface area contributed by atoms with Crippen LogP contribution in [0.4, 0.5) is 0 Å². The van der Waals surface area contributed by atoms with Gasteiger partial charge in [-0.2, -0.15) is 0 Å². The summed E-state index contributed by atoms with van der Waals surface area (Å²) in [6.45, 7) is 6.17. The van der Waals surface area contributed by atoms with Crippen molar-refractivity contribution < 1.29 is 9.90 Å². The van der Waals surface area contributed by atoms with Gasteiger partial charge in [-0.05, 0) is 39.5 Å². The number of unbranched alkanes of at least 4 members (excludes halogenated alkanes) is 1. The zero-order chi connectivity index (χ0) is 23.4. The maximum atomic E-state index is 12.4. The summed E-state index contributed by atoms with van der Waals surface area (Å²) in [6, 6.07) is 0.0316. The fourth-order valence-corrected chi connectivity index (χ4v) is 2.85. The number of nitrogens with one attached hydrogen (secondary N) is 1. The van der Waals surface area contributed by atoms with Gasteiger partial charge in [-0.25, -0.2) is 0 Å². The van der Waals surface area contributed by atoms with Gasteiger partial charge in [-0.15, -0.1) is 0 Å². The van der Waals surface area contributed by atoms with E-state index in [0.29, 0.717) is 6.42 Å². The Bertz CT molecular complexity index is 816. The zero-order valence-corrected chi connectivity index (χ0v) is 19.8. The van der Waals surface area contributed by atoms with Crippen molar-refractivity contribution >= 4 is 5.91 Å². The fourth-order valence-electron chi connectivity index (χ4n) is 2.85. The van der Waals surface area contributed by atoms with Crippen LogP contribution < -0.4 is 5.32 Å². The van der Waals surface area contributed by atoms with Gasteiger partial charge < -0.3 is 10.4 Å². The summed E-state index contributed by atoms with van der Waals surface area (Å²) in [5.74, 6) is -0.103. The topological polar surface area (TPSA) is 49.3 Å². The second-order valence-electron chi connectivity index (χ2n) is 7.87. The minimum atomic E-state index is -0.521. The van der Waals surface area contributed by atoms with E-state index in [0.717, 1.165) is 36.8 Å². The van der Waals surface area contributed by atoms with E-state index in [1.165, 1.54) is 0 Å². The van der Waals surface area contributed by atoms with Crippen molar-refractivity contribution in [3.8, 4) is 0 Å². The summed E-state index contributed by atoms with van der Waals surface area (Å²) < 4.78 is 0. The van der Waals surface area contributed by atoms with Crippen LogP contribution in [0.3, 0.4) is 0 Å². The van der Waals surface area contributed by atoms with E-state index in [4.69, 9.17) is 0 Å². The minimum absolute atomic E-state index is 0.0316. The average molecular weight is 434 g/mol. The molecule has 3 nitrogen and oxygen atoms in total. The largest absolute Gasteiger partial charge is 0.389 e. The van der Waals surface area contributed by atoms with Gasteiger partial charge in [0.05, 0.1) is 6.10 Å². The SMILES string of the molecule is CCC/C=C/C=C/C[C@@H]1C/C=C/C=C(C)/C=C/C=C\[C@@H](O)C/C=C(C)/C=C/C=C/C(=O)N1. The van der Waals surface area contributed by atoms with Crippen LogP contribution >= 0.6 is 0 Å². The summed E-state index contributed by atoms with van der Waals surface area (Å²) in [5.41, 5.74) is 2.15. The Hall–Kier alpha value is -2.91. The molecule has 1 aliphatic heterocycles. The van der Waals surface area contributed by atoms with E-state index in [-0.39, 0.29) is 11.9 Å². The molecule has 1 aliphatic rings. The first-order chi connectivity index (χ1) is 15.5. The van der Waals surface area contributed by atoms with Crippen LogP contribution in [0.1, 0.15) is 52.9 Å². The van der Waals surface area contributed by atoms with Gasteiger partial charge in [-0.1, -0.05) is 116 Å². The number of aliphatic hydroxyl groups is 1. The molecule has 1 amide bonds. The molecule has 0 aromatic rings. The van der Waals surface area contributed by atoms with Gasteiger partial charge >= 0.3 is 0 Å². The number of rotatable bonds is 5. The Balaban J connectivity index is 2.93. The summed E-state index contributed by atoms with van der Waals surface area (Å²) in [4.78, 5) is 12.4. The van der Waals surface area contributed by atoms with Crippen LogP contribution in [0.15, 0.2) is 108 Å². The molecule has 0 saturated heterocycles. The number of hydrogen-bond donors (Lipinski definition) is 2. The number of allylic oxidation sites excluding steroid dienone is 13. The van der Waals surface area contributed by atoms with Gasteiger partial charge in [0.2, 0.25) is 5.91 Å². The molecule has 0 saturated carbocycles. The quantitative estimate of drug-likeness (QED) is 0.480. The molecule has 0 fully saturated rings. The van der Waals surface area contributed by atoms with Crippen LogP contribution in [0, 0.1) is 0 Å². The standard InChI is InChI=1S/C29H39NO2/c1-4-5-6-7-8-9-19-27-20-13-10-16-25(2)17-11-14-21-28(31)24-23-26(3)18-12-15-22-29(32)30-27/h6-18,21-23,27-28,31H,4-5,19-20,24H2,1-3H3,(H,30,32)/b7-6+,9-8+,13-10+,17-11+,18-12+,21-14-,22-15+,25-16+,26-23+/t27-,28-/m1/s1. The highest BCUT2D eigenvalue weighted by molar-refractivity contribution is 5.88. The summed E-state index contributed by atoms with van der Waals surface area (Å²) in [7, 11) is 0. The van der Waals surface area contributed by atoms with Crippen molar-refractivity contribution in [1.29, 1.82) is 0 Å². The first-order valence-corrected chi connectivity index (χ1v) is 11.5. The summed E-state index contributed by atoms with van der Waals surface area (Å²) in [6.07, 6.45) is 34.9. The van der Waals surface area contributed by atoms with E-state index >= 15 is 0 Å². The van der Waals surface area contributed by atoms with Gasteiger partial charge in [0.25, 0.3) is 0 Å². The van der Waals surface area contributed by atoms with Crippen LogP contribution in [-0.2, 0) is 4.79 Å². The predicted molar refractivity (Wildman–Crippen MR) is 138 cm³/mol. The lowest BCUT2D eigenvalue weighted by atomic mass is 10.1. The maximum absolute atomic E-state index is 12.4. The van der Waals surface area contributed by atoms with Gasteiger partial charge in [0, 0.05) is 12.1 Å². The molecule has 172 valence electrons. The number of carbonyl (C=O) groups excluding carboxylic acids is 1. The Morgan fingerprint density at radius 2 is 1.69 bits per heavy atom. The Morgan fingerprint density at radius 3 is 2.50 bits per heavy atom. The maximum Gasteiger partial charge on any atom is 0.244 e. The molecule has 3 heteroatoms. The molecule has 0 aliphatic carbocycles. The smallest absolute Gasteiger partial charge is 0.244 e. The van der Waals surface area contributed by atoms with E-state index in [9.17, 15) is 9.90 Å². The lowest BCUT2D eigenvalue weighted by Gasteiger charge is -2.14. The van der Waals surface area contributed by atoms with Crippen LogP contribution in [0.25, 0.3) is 0 Å². The summed E-state index contributed by atoms with van der Waals surface area (Å²) >= 11 is 0. The number of aliphatic hydroxyl groups excluding tert-OH is 1. The lowest BCUT2D eigenvalue weighted by molar-refractivity contribution is -0.117. The molecular formula is C29H39NO2. The number of hydrogen-bond acceptors (Lipinski definition) is 2. The molecule has 0 aromatic carbocycles. The molecule has 0 spiro atoms. The average Bonchev–Trinajstić information content (AvgIpc) is 2.77. The van der Waals surface area contributed by atoms with Crippen LogP contribution in [0.5, 0.6) is 0 Å². The highest BCUT2D eigenvalue weighted by Crippen LogP contribution is 2.06. The number of amides is 1. The Morgan fingerprint density at radius 1 is 0.969 bits per heavy atom. The van der Waals surface area contributed by atoms with Crippen molar-refractivity contribution in [2.45, 2.75) is 65.0 Å². The second kappa shape index (κ2) is 17.7. The molecule has 1 rings (SSSR count). The van der Waals surface area contributed by atoms with E-state index in [1.807, 2.05) is 62.5 Å². The van der Waals surface area contributed by atoms with Crippen molar-refractivity contribution in [2.75, 3.05) is 0 Å². The third-order valence-corrected chi connectivity index (χ3v) is 4.72. The zero-order valence-electron chi connectivity index (χ0n) is 19.8. The van der Waals surface area contributed by atoms with Crippen LogP contribution in [0.2, 0.25) is 0 Å². The molecule has 32 heavy (non-hydrogen) atoms. The van der Waals surface area contributed by atoms with E-state index in [2.05, 4.69) is 42.6 Å². The first kappa shape index (κ1) is 27.1. The molecular weight excluding hydrogens is 394 g/mol. The third-order valence-electron chi connectivity index (χ3n) is 4.72. The fraction of sp³-hybridized carbons (Fsp3) is 0.345. The molecule has 2 atom stereocenters. The van der Waals surface area contributed by atoms with Crippen molar-refractivity contribution in [3.63, 3.8) is 0 Å². The van der Waals surface area contributed by atoms with Crippen LogP contribution in [-0.4, -0.2) is 23.2 Å². The number of carbonyl (C=O) groups is 1.